The fourth-order valence-electron chi connectivity index (χ4n) is 4.35. The van der Waals surface area contributed by atoms with Crippen molar-refractivity contribution in [3.63, 3.8) is 0 Å². The summed E-state index contributed by atoms with van der Waals surface area (Å²) >= 11 is 0. The van der Waals surface area contributed by atoms with Gasteiger partial charge in [0.05, 0.1) is 0 Å². The maximum absolute atomic E-state index is 9.80. The Kier molecular flexibility index (Phi) is 2.67. The van der Waals surface area contributed by atoms with Gasteiger partial charge in [-0.1, -0.05) is 26.3 Å². The number of hydrogen-bond donors (Lipinski definition) is 1. The SMILES string of the molecule is CC[C@@H]1[C@@H]2Cc3ccc(O)cc3[C@]1(C)CCN2C. The normalized spacial score (nSPS) is 35.3. The summed E-state index contributed by atoms with van der Waals surface area (Å²) in [5.74, 6) is 1.13. The van der Waals surface area contributed by atoms with Crippen molar-refractivity contribution in [2.24, 2.45) is 5.92 Å². The van der Waals surface area contributed by atoms with Gasteiger partial charge in [-0.15, -0.1) is 0 Å². The van der Waals surface area contributed by atoms with Crippen LogP contribution in [0.2, 0.25) is 0 Å². The van der Waals surface area contributed by atoms with E-state index in [4.69, 9.17) is 0 Å². The Morgan fingerprint density at radius 2 is 2.22 bits per heavy atom. The third-order valence-corrected chi connectivity index (χ3v) is 5.41. The highest BCUT2D eigenvalue weighted by Gasteiger charge is 2.48. The average Bonchev–Trinajstić information content (AvgIpc) is 2.35. The van der Waals surface area contributed by atoms with E-state index in [0.717, 1.165) is 6.42 Å². The maximum atomic E-state index is 9.80. The molecule has 1 aromatic rings. The molecule has 1 saturated heterocycles. The molecule has 2 aliphatic rings. The second-order valence-corrected chi connectivity index (χ2v) is 6.28. The fraction of sp³-hybridized carbons (Fsp3) is 0.625. The van der Waals surface area contributed by atoms with Gasteiger partial charge in [0.15, 0.2) is 0 Å². The molecular weight excluding hydrogens is 222 g/mol. The number of likely N-dealkylation sites (N-methyl/N-ethyl adjacent to an activating group) is 1. The smallest absolute Gasteiger partial charge is 0.115 e. The van der Waals surface area contributed by atoms with Crippen LogP contribution < -0.4 is 0 Å². The Hall–Kier alpha value is -1.02. The highest BCUT2D eigenvalue weighted by atomic mass is 16.3. The summed E-state index contributed by atoms with van der Waals surface area (Å²) in [6.07, 6.45) is 3.57. The van der Waals surface area contributed by atoms with Gasteiger partial charge < -0.3 is 10.0 Å². The molecule has 0 saturated carbocycles. The number of rotatable bonds is 1. The Morgan fingerprint density at radius 1 is 1.44 bits per heavy atom. The molecule has 2 nitrogen and oxygen atoms in total. The molecule has 2 heteroatoms. The van der Waals surface area contributed by atoms with Crippen LogP contribution in [0.15, 0.2) is 18.2 Å². The first-order valence-electron chi connectivity index (χ1n) is 7.09. The lowest BCUT2D eigenvalue weighted by atomic mass is 9.57. The number of fused-ring (bicyclic) bond motifs is 4. The molecule has 1 N–H and O–H groups in total. The van der Waals surface area contributed by atoms with Crippen molar-refractivity contribution in [3.8, 4) is 5.75 Å². The van der Waals surface area contributed by atoms with Crippen LogP contribution in [0.25, 0.3) is 0 Å². The molecule has 1 aliphatic heterocycles. The molecule has 0 radical (unpaired) electrons. The van der Waals surface area contributed by atoms with Crippen molar-refractivity contribution >= 4 is 0 Å². The largest absolute Gasteiger partial charge is 0.508 e. The van der Waals surface area contributed by atoms with Gasteiger partial charge in [0.2, 0.25) is 0 Å². The summed E-state index contributed by atoms with van der Waals surface area (Å²) in [5, 5.41) is 9.80. The number of nitrogens with zero attached hydrogens (tertiary/aromatic N) is 1. The molecule has 2 bridgehead atoms. The second-order valence-electron chi connectivity index (χ2n) is 6.28. The van der Waals surface area contributed by atoms with Crippen LogP contribution in [-0.4, -0.2) is 29.6 Å². The summed E-state index contributed by atoms with van der Waals surface area (Å²) in [6, 6.07) is 6.65. The summed E-state index contributed by atoms with van der Waals surface area (Å²) in [6.45, 7) is 5.88. The molecule has 0 amide bonds. The molecule has 18 heavy (non-hydrogen) atoms. The van der Waals surface area contributed by atoms with Gasteiger partial charge >= 0.3 is 0 Å². The van der Waals surface area contributed by atoms with E-state index in [1.807, 2.05) is 12.1 Å². The summed E-state index contributed by atoms with van der Waals surface area (Å²) in [7, 11) is 2.26. The monoisotopic (exact) mass is 245 g/mol. The van der Waals surface area contributed by atoms with Crippen LogP contribution in [0, 0.1) is 5.92 Å². The molecule has 3 rings (SSSR count). The maximum Gasteiger partial charge on any atom is 0.115 e. The predicted molar refractivity (Wildman–Crippen MR) is 74.0 cm³/mol. The van der Waals surface area contributed by atoms with Crippen LogP contribution in [-0.2, 0) is 11.8 Å². The van der Waals surface area contributed by atoms with E-state index in [2.05, 4.69) is 31.9 Å². The van der Waals surface area contributed by atoms with Crippen molar-refractivity contribution in [2.75, 3.05) is 13.6 Å². The van der Waals surface area contributed by atoms with Gasteiger partial charge in [-0.05, 0) is 61.0 Å². The van der Waals surface area contributed by atoms with Crippen molar-refractivity contribution in [2.45, 2.75) is 44.6 Å². The number of aromatic hydroxyl groups is 1. The first kappa shape index (κ1) is 12.0. The number of hydrogen-bond acceptors (Lipinski definition) is 2. The zero-order chi connectivity index (χ0) is 12.9. The van der Waals surface area contributed by atoms with E-state index in [9.17, 15) is 5.11 Å². The lowest BCUT2D eigenvalue weighted by Gasteiger charge is -2.54. The van der Waals surface area contributed by atoms with Crippen LogP contribution in [0.3, 0.4) is 0 Å². The number of benzene rings is 1. The lowest BCUT2D eigenvalue weighted by molar-refractivity contribution is 0.0376. The average molecular weight is 245 g/mol. The highest BCUT2D eigenvalue weighted by molar-refractivity contribution is 5.44. The van der Waals surface area contributed by atoms with Gasteiger partial charge in [-0.2, -0.15) is 0 Å². The van der Waals surface area contributed by atoms with E-state index in [1.165, 1.54) is 30.5 Å². The topological polar surface area (TPSA) is 23.5 Å². The molecule has 1 aliphatic carbocycles. The third kappa shape index (κ3) is 1.51. The number of phenolic OH excluding ortho intramolecular Hbond substituents is 1. The molecule has 0 unspecified atom stereocenters. The zero-order valence-corrected chi connectivity index (χ0v) is 11.6. The summed E-state index contributed by atoms with van der Waals surface area (Å²) in [5.41, 5.74) is 3.09. The van der Waals surface area contributed by atoms with Crippen LogP contribution >= 0.6 is 0 Å². The van der Waals surface area contributed by atoms with Crippen molar-refractivity contribution in [1.82, 2.24) is 4.90 Å². The minimum Gasteiger partial charge on any atom is -0.508 e. The molecule has 1 heterocycles. The molecule has 3 atom stereocenters. The van der Waals surface area contributed by atoms with E-state index < -0.39 is 0 Å². The third-order valence-electron chi connectivity index (χ3n) is 5.41. The first-order chi connectivity index (χ1) is 8.56. The number of piperidine rings is 1. The predicted octanol–water partition coefficient (Wildman–Crippen LogP) is 2.94. The molecule has 1 aromatic carbocycles. The van der Waals surface area contributed by atoms with Crippen LogP contribution in [0.4, 0.5) is 0 Å². The Balaban J connectivity index is 2.15. The first-order valence-corrected chi connectivity index (χ1v) is 7.09. The standard InChI is InChI=1S/C16H23NO/c1-4-13-15-9-11-5-6-12(18)10-14(11)16(13,2)7-8-17(15)3/h5-6,10,13,15,18H,4,7-9H2,1-3H3/t13-,15+,16-/m1/s1. The van der Waals surface area contributed by atoms with Gasteiger partial charge in [0.1, 0.15) is 5.75 Å². The molecule has 1 fully saturated rings. The molecular formula is C16H23NO. The molecule has 98 valence electrons. The van der Waals surface area contributed by atoms with Crippen molar-refractivity contribution in [1.29, 1.82) is 0 Å². The van der Waals surface area contributed by atoms with E-state index in [1.54, 1.807) is 0 Å². The fourth-order valence-corrected chi connectivity index (χ4v) is 4.35. The van der Waals surface area contributed by atoms with Gasteiger partial charge in [0.25, 0.3) is 0 Å². The molecule has 0 aromatic heterocycles. The van der Waals surface area contributed by atoms with Crippen molar-refractivity contribution in [3.05, 3.63) is 29.3 Å². The number of likely N-dealkylation sites (tertiary alicyclic amines) is 1. The quantitative estimate of drug-likeness (QED) is 0.822. The van der Waals surface area contributed by atoms with E-state index >= 15 is 0 Å². The Morgan fingerprint density at radius 3 is 2.94 bits per heavy atom. The minimum atomic E-state index is 0.248. The Bertz CT molecular complexity index is 470. The summed E-state index contributed by atoms with van der Waals surface area (Å²) < 4.78 is 0. The van der Waals surface area contributed by atoms with Crippen LogP contribution in [0.5, 0.6) is 5.75 Å². The Labute approximate surface area is 110 Å². The van der Waals surface area contributed by atoms with E-state index in [-0.39, 0.29) is 5.41 Å². The van der Waals surface area contributed by atoms with E-state index in [0.29, 0.717) is 17.7 Å². The highest BCUT2D eigenvalue weighted by Crippen LogP contribution is 2.50. The van der Waals surface area contributed by atoms with Crippen molar-refractivity contribution < 1.29 is 5.11 Å². The van der Waals surface area contributed by atoms with Crippen LogP contribution in [0.1, 0.15) is 37.8 Å². The molecule has 0 spiro atoms. The lowest BCUT2D eigenvalue weighted by Crippen LogP contribution is -2.57. The van der Waals surface area contributed by atoms with Gasteiger partial charge in [-0.25, -0.2) is 0 Å². The van der Waals surface area contributed by atoms with Gasteiger partial charge in [-0.3, -0.25) is 0 Å². The summed E-state index contributed by atoms with van der Waals surface area (Å²) in [4.78, 5) is 2.53. The zero-order valence-electron chi connectivity index (χ0n) is 11.6. The minimum absolute atomic E-state index is 0.248. The second kappa shape index (κ2) is 3.99. The van der Waals surface area contributed by atoms with Gasteiger partial charge in [0, 0.05) is 6.04 Å². The number of phenols is 1.